The fourth-order valence-corrected chi connectivity index (χ4v) is 11.3. The van der Waals surface area contributed by atoms with Gasteiger partial charge in [0.1, 0.15) is 0 Å². The Bertz CT molecular complexity index is 938. The maximum atomic E-state index is 12.6. The Morgan fingerprint density at radius 2 is 1.46 bits per heavy atom. The van der Waals surface area contributed by atoms with Gasteiger partial charge < -0.3 is 9.47 Å². The summed E-state index contributed by atoms with van der Waals surface area (Å²) >= 11 is 0. The molecule has 0 aromatic rings. The Morgan fingerprint density at radius 3 is 2.20 bits per heavy atom. The van der Waals surface area contributed by atoms with Gasteiger partial charge in [-0.15, -0.1) is 0 Å². The van der Waals surface area contributed by atoms with E-state index in [-0.39, 0.29) is 5.97 Å². The minimum absolute atomic E-state index is 0.0377. The third-order valence-corrected chi connectivity index (χ3v) is 14.1. The summed E-state index contributed by atoms with van der Waals surface area (Å²) in [6.45, 7) is 10.6. The number of carbonyl (C=O) groups is 1. The van der Waals surface area contributed by atoms with Crippen molar-refractivity contribution in [3.05, 3.63) is 24.3 Å². The first kappa shape index (κ1) is 37.7. The van der Waals surface area contributed by atoms with Gasteiger partial charge in [0, 0.05) is 13.5 Å². The summed E-state index contributed by atoms with van der Waals surface area (Å²) in [4.78, 5) is 12.6. The third kappa shape index (κ3) is 9.98. The molecule has 4 aliphatic carbocycles. The normalized spacial score (nSPS) is 34.8. The summed E-state index contributed by atoms with van der Waals surface area (Å²) in [6.07, 6.45) is 38.7. The van der Waals surface area contributed by atoms with Crippen LogP contribution in [0.2, 0.25) is 0 Å². The zero-order valence-corrected chi connectivity index (χ0v) is 31.0. The van der Waals surface area contributed by atoms with Gasteiger partial charge in [-0.3, -0.25) is 4.79 Å². The average Bonchev–Trinajstić information content (AvgIpc) is 3.42. The largest absolute Gasteiger partial charge is 0.466 e. The molecule has 0 amide bonds. The maximum absolute atomic E-state index is 12.6. The number of carbonyl (C=O) groups excluding carboxylic acids is 1. The minimum Gasteiger partial charge on any atom is -0.466 e. The van der Waals surface area contributed by atoms with Crippen LogP contribution in [0.1, 0.15) is 175 Å². The summed E-state index contributed by atoms with van der Waals surface area (Å²) in [5, 5.41) is 0. The molecule has 0 radical (unpaired) electrons. The molecule has 4 fully saturated rings. The van der Waals surface area contributed by atoms with Crippen LogP contribution in [-0.4, -0.2) is 25.8 Å². The molecule has 9 atom stereocenters. The molecule has 5 unspecified atom stereocenters. The summed E-state index contributed by atoms with van der Waals surface area (Å²) in [7, 11) is 1.92. The Labute approximate surface area is 285 Å². The van der Waals surface area contributed by atoms with Crippen molar-refractivity contribution in [2.45, 2.75) is 181 Å². The fraction of sp³-hybridized carbons (Fsp3) is 0.884. The van der Waals surface area contributed by atoms with E-state index in [0.717, 1.165) is 48.9 Å². The van der Waals surface area contributed by atoms with Gasteiger partial charge >= 0.3 is 5.97 Å². The van der Waals surface area contributed by atoms with Gasteiger partial charge in [0.15, 0.2) is 0 Å². The fourth-order valence-electron chi connectivity index (χ4n) is 11.3. The summed E-state index contributed by atoms with van der Waals surface area (Å²) in [6, 6.07) is 0. The number of methoxy groups -OCH3 is 1. The molecule has 0 aliphatic heterocycles. The molecule has 3 heteroatoms. The molecule has 0 saturated heterocycles. The van der Waals surface area contributed by atoms with Crippen LogP contribution in [0.3, 0.4) is 0 Å². The van der Waals surface area contributed by atoms with Crippen LogP contribution in [-0.2, 0) is 14.3 Å². The van der Waals surface area contributed by atoms with Crippen LogP contribution >= 0.6 is 0 Å². The maximum Gasteiger partial charge on any atom is 0.305 e. The average molecular weight is 639 g/mol. The van der Waals surface area contributed by atoms with E-state index >= 15 is 0 Å². The first-order chi connectivity index (χ1) is 22.3. The monoisotopic (exact) mass is 639 g/mol. The van der Waals surface area contributed by atoms with Crippen molar-refractivity contribution in [2.75, 3.05) is 13.7 Å². The first-order valence-electron chi connectivity index (χ1n) is 20.3. The summed E-state index contributed by atoms with van der Waals surface area (Å²) in [5.74, 6) is 5.04. The molecule has 0 heterocycles. The molecule has 0 spiro atoms. The second kappa shape index (κ2) is 19.2. The van der Waals surface area contributed by atoms with E-state index in [4.69, 9.17) is 9.47 Å². The van der Waals surface area contributed by atoms with E-state index in [2.05, 4.69) is 52.0 Å². The van der Waals surface area contributed by atoms with Crippen molar-refractivity contribution in [1.82, 2.24) is 0 Å². The smallest absolute Gasteiger partial charge is 0.305 e. The molecular formula is C43H74O3. The van der Waals surface area contributed by atoms with E-state index in [1.165, 1.54) is 122 Å². The lowest BCUT2D eigenvalue weighted by atomic mass is 9.44. The highest BCUT2D eigenvalue weighted by molar-refractivity contribution is 5.69. The molecule has 46 heavy (non-hydrogen) atoms. The van der Waals surface area contributed by atoms with Crippen molar-refractivity contribution in [1.29, 1.82) is 0 Å². The van der Waals surface area contributed by atoms with Gasteiger partial charge in [-0.1, -0.05) is 90.5 Å². The molecule has 264 valence electrons. The highest BCUT2D eigenvalue weighted by atomic mass is 16.5. The molecule has 4 saturated carbocycles. The number of unbranched alkanes of at least 4 members (excludes halogenated alkanes) is 9. The predicted octanol–water partition coefficient (Wildman–Crippen LogP) is 12.4. The predicted molar refractivity (Wildman–Crippen MR) is 195 cm³/mol. The minimum atomic E-state index is 0.0377. The number of esters is 1. The number of allylic oxidation sites excluding steroid dienone is 4. The van der Waals surface area contributed by atoms with Crippen LogP contribution in [0.5, 0.6) is 0 Å². The van der Waals surface area contributed by atoms with Crippen molar-refractivity contribution >= 4 is 5.97 Å². The van der Waals surface area contributed by atoms with E-state index in [1.54, 1.807) is 0 Å². The van der Waals surface area contributed by atoms with Gasteiger partial charge in [-0.2, -0.15) is 0 Å². The van der Waals surface area contributed by atoms with Gasteiger partial charge in [-0.25, -0.2) is 0 Å². The van der Waals surface area contributed by atoms with Crippen molar-refractivity contribution in [2.24, 2.45) is 46.3 Å². The second-order valence-electron chi connectivity index (χ2n) is 16.8. The van der Waals surface area contributed by atoms with Crippen LogP contribution in [0.4, 0.5) is 0 Å². The highest BCUT2D eigenvalue weighted by Gasteiger charge is 2.60. The van der Waals surface area contributed by atoms with Crippen molar-refractivity contribution < 1.29 is 14.3 Å². The molecule has 3 nitrogen and oxygen atoms in total. The molecule has 4 rings (SSSR count). The van der Waals surface area contributed by atoms with Crippen LogP contribution in [0.15, 0.2) is 24.3 Å². The molecule has 0 aromatic heterocycles. The highest BCUT2D eigenvalue weighted by Crippen LogP contribution is 2.68. The lowest BCUT2D eigenvalue weighted by Crippen LogP contribution is -2.54. The Hall–Kier alpha value is -1.09. The number of hydrogen-bond acceptors (Lipinski definition) is 3. The SMILES string of the molecule is CCCCC/C=C\C/C=C\CCCCCCCCOC(=O)CC[C@@H](C)C1CCC2C3CCC4C[C@H](OC)CC[C@]4(C)C3CC[C@@]21C. The standard InChI is InChI=1S/C43H74O3/c1-6-7-8-9-10-11-12-13-14-15-16-17-18-19-20-21-32-46-41(44)27-22-34(2)38-25-26-39-37-24-23-35-33-36(45-5)28-30-42(35,3)40(37)29-31-43(38,39)4/h10-11,13-14,34-40H,6-9,12,15-33H2,1-5H3/b11-10-,14-13-/t34-,35?,36-,37?,38?,39?,40?,42+,43-/m1/s1. The molecule has 0 N–H and O–H groups in total. The number of fused-ring (bicyclic) bond motifs is 5. The van der Waals surface area contributed by atoms with Crippen molar-refractivity contribution in [3.63, 3.8) is 0 Å². The van der Waals surface area contributed by atoms with Gasteiger partial charge in [-0.05, 0) is 149 Å². The Balaban J connectivity index is 1.05. The molecular weight excluding hydrogens is 564 g/mol. The summed E-state index contributed by atoms with van der Waals surface area (Å²) in [5.41, 5.74) is 1.01. The number of ether oxygens (including phenoxy) is 2. The summed E-state index contributed by atoms with van der Waals surface area (Å²) < 4.78 is 11.5. The van der Waals surface area contributed by atoms with E-state index in [9.17, 15) is 4.79 Å². The molecule has 0 aromatic carbocycles. The van der Waals surface area contributed by atoms with Gasteiger partial charge in [0.25, 0.3) is 0 Å². The van der Waals surface area contributed by atoms with E-state index in [1.807, 2.05) is 7.11 Å². The number of rotatable bonds is 20. The lowest BCUT2D eigenvalue weighted by molar-refractivity contribution is -0.144. The molecule has 0 bridgehead atoms. The van der Waals surface area contributed by atoms with Crippen LogP contribution in [0.25, 0.3) is 0 Å². The van der Waals surface area contributed by atoms with Crippen LogP contribution in [0, 0.1) is 46.3 Å². The topological polar surface area (TPSA) is 35.5 Å². The Kier molecular flexibility index (Phi) is 15.7. The van der Waals surface area contributed by atoms with E-state index in [0.29, 0.717) is 35.9 Å². The first-order valence-corrected chi connectivity index (χ1v) is 20.3. The Morgan fingerprint density at radius 1 is 0.783 bits per heavy atom. The zero-order chi connectivity index (χ0) is 32.8. The molecule has 4 aliphatic rings. The quantitative estimate of drug-likeness (QED) is 0.0756. The number of hydrogen-bond donors (Lipinski definition) is 0. The zero-order valence-electron chi connectivity index (χ0n) is 31.0. The van der Waals surface area contributed by atoms with Gasteiger partial charge in [0.2, 0.25) is 0 Å². The lowest BCUT2D eigenvalue weighted by Gasteiger charge is -2.61. The second-order valence-corrected chi connectivity index (χ2v) is 16.8. The van der Waals surface area contributed by atoms with Crippen molar-refractivity contribution in [3.8, 4) is 0 Å². The van der Waals surface area contributed by atoms with Gasteiger partial charge in [0.05, 0.1) is 12.7 Å². The van der Waals surface area contributed by atoms with E-state index < -0.39 is 0 Å². The third-order valence-electron chi connectivity index (χ3n) is 14.1. The van der Waals surface area contributed by atoms with Crippen LogP contribution < -0.4 is 0 Å².